The molecular weight excluding hydrogens is 206 g/mol. The number of rotatable bonds is 2. The average Bonchev–Trinajstić information content (AvgIpc) is 2.59. The predicted molar refractivity (Wildman–Crippen MR) is 53.0 cm³/mol. The van der Waals surface area contributed by atoms with Crippen LogP contribution >= 0.6 is 11.3 Å². The van der Waals surface area contributed by atoms with E-state index in [1.54, 1.807) is 0 Å². The van der Waals surface area contributed by atoms with E-state index in [0.717, 1.165) is 10.2 Å². The number of fused-ring (bicyclic) bond motifs is 1. The zero-order valence-corrected chi connectivity index (χ0v) is 8.52. The van der Waals surface area contributed by atoms with E-state index in [1.165, 1.54) is 18.4 Å². The van der Waals surface area contributed by atoms with Crippen molar-refractivity contribution < 1.29 is 8.39 Å². The fraction of sp³-hybridized carbons (Fsp3) is 0.125. The van der Waals surface area contributed by atoms with Crippen molar-refractivity contribution in [1.29, 1.82) is 0 Å². The quantitative estimate of drug-likeness (QED) is 0.765. The minimum atomic E-state index is -1.42. The fourth-order valence-corrected chi connectivity index (χ4v) is 2.75. The van der Waals surface area contributed by atoms with Crippen LogP contribution in [0.4, 0.5) is 0 Å². The molecule has 5 heteroatoms. The van der Waals surface area contributed by atoms with Crippen LogP contribution in [0.2, 0.25) is 0 Å². The van der Waals surface area contributed by atoms with Gasteiger partial charge < -0.3 is 0 Å². The Morgan fingerprint density at radius 3 is 2.92 bits per heavy atom. The number of hydrogen-bond acceptors (Lipinski definition) is 4. The van der Waals surface area contributed by atoms with Crippen LogP contribution in [0.15, 0.2) is 28.6 Å². The number of aromatic nitrogens is 1. The molecule has 0 N–H and O–H groups in total. The molecule has 0 unspecified atom stereocenters. The third-order valence-corrected chi connectivity index (χ3v) is 3.74. The molecule has 0 aliphatic carbocycles. The van der Waals surface area contributed by atoms with E-state index in [9.17, 15) is 4.21 Å². The summed E-state index contributed by atoms with van der Waals surface area (Å²) in [5, 5.41) is 0. The molecule has 0 radical (unpaired) electrons. The summed E-state index contributed by atoms with van der Waals surface area (Å²) in [6.07, 6.45) is 0. The van der Waals surface area contributed by atoms with Gasteiger partial charge >= 0.3 is 0 Å². The zero-order valence-electron chi connectivity index (χ0n) is 6.89. The number of hydrogen-bond donors (Lipinski definition) is 0. The van der Waals surface area contributed by atoms with E-state index in [4.69, 9.17) is 0 Å². The summed E-state index contributed by atoms with van der Waals surface area (Å²) in [5.74, 6) is 0. The lowest BCUT2D eigenvalue weighted by Gasteiger charge is -1.88. The number of nitrogens with zero attached hydrogens (tertiary/aromatic N) is 1. The first kappa shape index (κ1) is 8.80. The standard InChI is InChI=1S/C8H7NO2S2/c1-11-13(10)8-9-6-4-2-3-5-7(6)12-8/h2-5H,1H3/t13-/m0/s1. The Balaban J connectivity index is 2.56. The van der Waals surface area contributed by atoms with Gasteiger partial charge in [-0.25, -0.2) is 9.19 Å². The van der Waals surface area contributed by atoms with Gasteiger partial charge in [0.05, 0.1) is 17.3 Å². The first-order chi connectivity index (χ1) is 6.31. The minimum absolute atomic E-state index is 0.517. The van der Waals surface area contributed by atoms with E-state index in [1.807, 2.05) is 24.3 Å². The smallest absolute Gasteiger partial charge is 0.218 e. The molecule has 1 atom stereocenters. The van der Waals surface area contributed by atoms with Crippen LogP contribution in [-0.2, 0) is 15.3 Å². The maximum Gasteiger partial charge on any atom is 0.218 e. The van der Waals surface area contributed by atoms with Crippen LogP contribution in [0.3, 0.4) is 0 Å². The highest BCUT2D eigenvalue weighted by Crippen LogP contribution is 2.23. The molecule has 2 aromatic rings. The molecule has 68 valence electrons. The summed E-state index contributed by atoms with van der Waals surface area (Å²) < 4.78 is 17.5. The summed E-state index contributed by atoms with van der Waals surface area (Å²) in [4.78, 5) is 4.18. The first-order valence-electron chi connectivity index (χ1n) is 3.63. The molecule has 0 saturated carbocycles. The van der Waals surface area contributed by atoms with Gasteiger partial charge in [0.2, 0.25) is 15.4 Å². The van der Waals surface area contributed by atoms with E-state index in [2.05, 4.69) is 9.17 Å². The molecule has 0 spiro atoms. The second kappa shape index (κ2) is 3.53. The molecule has 0 aliphatic rings. The molecule has 1 heterocycles. The van der Waals surface area contributed by atoms with Crippen molar-refractivity contribution in [3.8, 4) is 0 Å². The van der Waals surface area contributed by atoms with Crippen LogP contribution in [0.5, 0.6) is 0 Å². The molecule has 0 bridgehead atoms. The van der Waals surface area contributed by atoms with Crippen molar-refractivity contribution in [3.05, 3.63) is 24.3 Å². The Hall–Kier alpha value is -0.780. The normalized spacial score (nSPS) is 13.3. The van der Waals surface area contributed by atoms with Gasteiger partial charge in [-0.2, -0.15) is 0 Å². The van der Waals surface area contributed by atoms with Gasteiger partial charge in [-0.15, -0.1) is 11.3 Å². The van der Waals surface area contributed by atoms with Gasteiger partial charge in [0.25, 0.3) is 0 Å². The highest BCUT2D eigenvalue weighted by atomic mass is 32.2. The molecule has 0 aliphatic heterocycles. The maximum absolute atomic E-state index is 11.2. The molecule has 2 rings (SSSR count). The van der Waals surface area contributed by atoms with Gasteiger partial charge in [0.15, 0.2) is 0 Å². The lowest BCUT2D eigenvalue weighted by molar-refractivity contribution is 0.445. The first-order valence-corrected chi connectivity index (χ1v) is 5.52. The Labute approximate surface area is 82.0 Å². The molecule has 13 heavy (non-hydrogen) atoms. The Morgan fingerprint density at radius 2 is 2.23 bits per heavy atom. The maximum atomic E-state index is 11.2. The zero-order chi connectivity index (χ0) is 9.26. The summed E-state index contributed by atoms with van der Waals surface area (Å²) in [6, 6.07) is 7.67. The van der Waals surface area contributed by atoms with Crippen molar-refractivity contribution in [3.63, 3.8) is 0 Å². The fourth-order valence-electron chi connectivity index (χ4n) is 0.994. The summed E-state index contributed by atoms with van der Waals surface area (Å²) in [6.45, 7) is 0. The van der Waals surface area contributed by atoms with E-state index in [0.29, 0.717) is 4.34 Å². The average molecular weight is 213 g/mol. The topological polar surface area (TPSA) is 39.2 Å². The monoisotopic (exact) mass is 213 g/mol. The van der Waals surface area contributed by atoms with Crippen molar-refractivity contribution in [2.45, 2.75) is 4.34 Å². The van der Waals surface area contributed by atoms with Crippen LogP contribution in [0.25, 0.3) is 10.2 Å². The second-order valence-corrected chi connectivity index (χ2v) is 4.83. The van der Waals surface area contributed by atoms with Crippen LogP contribution in [0.1, 0.15) is 0 Å². The molecule has 1 aromatic carbocycles. The molecule has 1 aromatic heterocycles. The summed E-state index contributed by atoms with van der Waals surface area (Å²) in [7, 11) is 1.40. The second-order valence-electron chi connectivity index (χ2n) is 2.35. The lowest BCUT2D eigenvalue weighted by atomic mass is 10.3. The molecule has 3 nitrogen and oxygen atoms in total. The largest absolute Gasteiger partial charge is 0.288 e. The van der Waals surface area contributed by atoms with Gasteiger partial charge in [0, 0.05) is 0 Å². The third-order valence-electron chi connectivity index (χ3n) is 1.57. The summed E-state index contributed by atoms with van der Waals surface area (Å²) in [5.41, 5.74) is 0.868. The van der Waals surface area contributed by atoms with E-state index >= 15 is 0 Å². The predicted octanol–water partition coefficient (Wildman–Crippen LogP) is 1.97. The van der Waals surface area contributed by atoms with Gasteiger partial charge in [-0.05, 0) is 12.1 Å². The van der Waals surface area contributed by atoms with Crippen molar-refractivity contribution in [2.24, 2.45) is 0 Å². The Morgan fingerprint density at radius 1 is 1.46 bits per heavy atom. The molecule has 0 fully saturated rings. The Bertz CT molecular complexity index is 419. The van der Waals surface area contributed by atoms with Crippen molar-refractivity contribution >= 4 is 32.6 Å². The van der Waals surface area contributed by atoms with Crippen molar-refractivity contribution in [2.75, 3.05) is 7.11 Å². The highest BCUT2D eigenvalue weighted by Gasteiger charge is 2.08. The SMILES string of the molecule is CO[S@](=O)c1nc2ccccc2s1. The van der Waals surface area contributed by atoms with Crippen LogP contribution in [0, 0.1) is 0 Å². The van der Waals surface area contributed by atoms with E-state index in [-0.39, 0.29) is 0 Å². The van der Waals surface area contributed by atoms with Crippen LogP contribution < -0.4 is 0 Å². The van der Waals surface area contributed by atoms with E-state index < -0.39 is 11.1 Å². The third kappa shape index (κ3) is 1.63. The van der Waals surface area contributed by atoms with Crippen molar-refractivity contribution in [1.82, 2.24) is 4.98 Å². The molecule has 0 amide bonds. The minimum Gasteiger partial charge on any atom is -0.288 e. The van der Waals surface area contributed by atoms with Gasteiger partial charge in [-0.1, -0.05) is 12.1 Å². The summed E-state index contributed by atoms with van der Waals surface area (Å²) >= 11 is -0.0219. The number of thiazole rings is 1. The molecule has 0 saturated heterocycles. The van der Waals surface area contributed by atoms with Gasteiger partial charge in [0.1, 0.15) is 0 Å². The number of para-hydroxylation sites is 1. The Kier molecular flexibility index (Phi) is 2.39. The lowest BCUT2D eigenvalue weighted by Crippen LogP contribution is -1.90. The van der Waals surface area contributed by atoms with Gasteiger partial charge in [-0.3, -0.25) is 4.18 Å². The molecular formula is C8H7NO2S2. The number of benzene rings is 1. The van der Waals surface area contributed by atoms with Crippen LogP contribution in [-0.4, -0.2) is 16.3 Å². The highest BCUT2D eigenvalue weighted by molar-refractivity contribution is 7.82.